The molecule has 24 heavy (non-hydrogen) atoms. The van der Waals surface area contributed by atoms with Gasteiger partial charge in [-0.1, -0.05) is 18.2 Å². The molecular weight excluding hydrogens is 310 g/mol. The number of benzene rings is 1. The van der Waals surface area contributed by atoms with Crippen LogP contribution in [0.1, 0.15) is 12.8 Å². The van der Waals surface area contributed by atoms with E-state index in [1.165, 1.54) is 0 Å². The summed E-state index contributed by atoms with van der Waals surface area (Å²) in [6.07, 6.45) is 0.525. The average Bonchev–Trinajstić information content (AvgIpc) is 3.21. The molecule has 2 saturated heterocycles. The van der Waals surface area contributed by atoms with Crippen LogP contribution in [0.3, 0.4) is 0 Å². The van der Waals surface area contributed by atoms with Crippen molar-refractivity contribution >= 4 is 11.7 Å². The van der Waals surface area contributed by atoms with E-state index >= 15 is 0 Å². The number of aliphatic hydroxyl groups is 2. The first kappa shape index (κ1) is 17.2. The molecule has 4 atom stereocenters. The summed E-state index contributed by atoms with van der Waals surface area (Å²) in [4.78, 5) is 14.2. The van der Waals surface area contributed by atoms with Crippen LogP contribution in [0, 0.1) is 0 Å². The molecule has 7 nitrogen and oxygen atoms in total. The number of hydrogen-bond donors (Lipinski definition) is 4. The van der Waals surface area contributed by atoms with Crippen molar-refractivity contribution in [3.63, 3.8) is 0 Å². The third-order valence-corrected chi connectivity index (χ3v) is 4.70. The molecular formula is C17H25N3O4. The van der Waals surface area contributed by atoms with Gasteiger partial charge in [0.15, 0.2) is 0 Å². The van der Waals surface area contributed by atoms with E-state index in [1.807, 2.05) is 30.3 Å². The summed E-state index contributed by atoms with van der Waals surface area (Å²) in [5.74, 6) is 0. The second kappa shape index (κ2) is 7.94. The minimum Gasteiger partial charge on any atom is -0.394 e. The lowest BCUT2D eigenvalue weighted by atomic mass is 10.0. The molecule has 2 heterocycles. The Bertz CT molecular complexity index is 536. The maximum atomic E-state index is 12.0. The van der Waals surface area contributed by atoms with Crippen LogP contribution >= 0.6 is 0 Å². The minimum absolute atomic E-state index is 0.193. The summed E-state index contributed by atoms with van der Waals surface area (Å²) in [5, 5.41) is 25.4. The highest BCUT2D eigenvalue weighted by Gasteiger charge is 2.46. The van der Waals surface area contributed by atoms with E-state index in [2.05, 4.69) is 15.5 Å². The van der Waals surface area contributed by atoms with Crippen LogP contribution in [0.4, 0.5) is 10.5 Å². The van der Waals surface area contributed by atoms with Gasteiger partial charge in [0.1, 0.15) is 12.2 Å². The van der Waals surface area contributed by atoms with Gasteiger partial charge in [0.25, 0.3) is 0 Å². The molecule has 2 aliphatic rings. The van der Waals surface area contributed by atoms with Crippen molar-refractivity contribution in [3.05, 3.63) is 30.3 Å². The van der Waals surface area contributed by atoms with Crippen molar-refractivity contribution in [1.29, 1.82) is 0 Å². The van der Waals surface area contributed by atoms with Gasteiger partial charge in [-0.3, -0.25) is 4.90 Å². The van der Waals surface area contributed by atoms with Crippen LogP contribution in [0.25, 0.3) is 0 Å². The highest BCUT2D eigenvalue weighted by atomic mass is 16.5. The number of aliphatic hydroxyl groups excluding tert-OH is 2. The number of carbonyl (C=O) groups excluding carboxylic acids is 1. The van der Waals surface area contributed by atoms with Crippen LogP contribution in [0.15, 0.2) is 30.3 Å². The lowest BCUT2D eigenvalue weighted by Gasteiger charge is -2.30. The van der Waals surface area contributed by atoms with Gasteiger partial charge < -0.3 is 25.6 Å². The molecule has 4 N–H and O–H groups in total. The van der Waals surface area contributed by atoms with Crippen molar-refractivity contribution in [3.8, 4) is 0 Å². The van der Waals surface area contributed by atoms with Crippen molar-refractivity contribution in [2.24, 2.45) is 0 Å². The van der Waals surface area contributed by atoms with Gasteiger partial charge in [-0.2, -0.15) is 0 Å². The van der Waals surface area contributed by atoms with E-state index in [4.69, 9.17) is 4.74 Å². The number of nitrogens with zero attached hydrogens (tertiary/aromatic N) is 1. The Morgan fingerprint density at radius 1 is 1.21 bits per heavy atom. The zero-order valence-corrected chi connectivity index (χ0v) is 13.6. The molecule has 3 rings (SSSR count). The Kier molecular flexibility index (Phi) is 5.68. The number of ether oxygens (including phenoxy) is 1. The van der Waals surface area contributed by atoms with Gasteiger partial charge in [-0.15, -0.1) is 0 Å². The number of likely N-dealkylation sites (tertiary alicyclic amines) is 1. The van der Waals surface area contributed by atoms with Crippen molar-refractivity contribution in [2.75, 3.05) is 31.6 Å². The van der Waals surface area contributed by atoms with Gasteiger partial charge >= 0.3 is 6.03 Å². The summed E-state index contributed by atoms with van der Waals surface area (Å²) >= 11 is 0. The van der Waals surface area contributed by atoms with Crippen LogP contribution < -0.4 is 10.6 Å². The van der Waals surface area contributed by atoms with E-state index in [0.29, 0.717) is 5.69 Å². The molecule has 0 bridgehead atoms. The van der Waals surface area contributed by atoms with Crippen molar-refractivity contribution in [1.82, 2.24) is 10.2 Å². The molecule has 2 aliphatic heterocycles. The number of para-hydroxylation sites is 1. The smallest absolute Gasteiger partial charge is 0.319 e. The van der Waals surface area contributed by atoms with Crippen LogP contribution in [0.5, 0.6) is 0 Å². The number of hydrogen-bond acceptors (Lipinski definition) is 5. The zero-order valence-electron chi connectivity index (χ0n) is 13.6. The fourth-order valence-electron chi connectivity index (χ4n) is 3.53. The summed E-state index contributed by atoms with van der Waals surface area (Å²) < 4.78 is 5.76. The number of rotatable bonds is 5. The summed E-state index contributed by atoms with van der Waals surface area (Å²) in [6.45, 7) is 1.89. The normalized spacial score (nSPS) is 30.4. The lowest BCUT2D eigenvalue weighted by molar-refractivity contribution is -0.0205. The molecule has 0 saturated carbocycles. The molecule has 0 spiro atoms. The van der Waals surface area contributed by atoms with E-state index in [-0.39, 0.29) is 31.3 Å². The molecule has 2 fully saturated rings. The number of urea groups is 1. The van der Waals surface area contributed by atoms with Gasteiger partial charge in [-0.25, -0.2) is 4.79 Å². The second-order valence-corrected chi connectivity index (χ2v) is 6.32. The topological polar surface area (TPSA) is 94.1 Å². The quantitative estimate of drug-likeness (QED) is 0.625. The van der Waals surface area contributed by atoms with Crippen LogP contribution in [0.2, 0.25) is 0 Å². The Morgan fingerprint density at radius 3 is 2.58 bits per heavy atom. The number of carbonyl (C=O) groups is 1. The first-order chi connectivity index (χ1) is 11.7. The average molecular weight is 335 g/mol. The Balaban J connectivity index is 1.56. The molecule has 2 amide bonds. The van der Waals surface area contributed by atoms with E-state index in [0.717, 1.165) is 25.9 Å². The SMILES string of the molecule is O=C(NCC1OC(CO)C(O)C1N1CCCC1)Nc1ccccc1. The number of anilines is 1. The number of amides is 2. The molecule has 4 unspecified atom stereocenters. The Labute approximate surface area is 141 Å². The molecule has 0 aliphatic carbocycles. The number of nitrogens with one attached hydrogen (secondary N) is 2. The second-order valence-electron chi connectivity index (χ2n) is 6.32. The van der Waals surface area contributed by atoms with E-state index < -0.39 is 12.2 Å². The fourth-order valence-corrected chi connectivity index (χ4v) is 3.53. The van der Waals surface area contributed by atoms with Gasteiger partial charge in [0, 0.05) is 12.2 Å². The summed E-state index contributed by atoms with van der Waals surface area (Å²) in [7, 11) is 0. The molecule has 7 heteroatoms. The molecule has 0 radical (unpaired) electrons. The molecule has 0 aromatic heterocycles. The third-order valence-electron chi connectivity index (χ3n) is 4.70. The Morgan fingerprint density at radius 2 is 1.92 bits per heavy atom. The van der Waals surface area contributed by atoms with Crippen LogP contribution in [-0.2, 0) is 4.74 Å². The third kappa shape index (κ3) is 3.87. The fraction of sp³-hybridized carbons (Fsp3) is 0.588. The monoisotopic (exact) mass is 335 g/mol. The maximum absolute atomic E-state index is 12.0. The largest absolute Gasteiger partial charge is 0.394 e. The maximum Gasteiger partial charge on any atom is 0.319 e. The van der Waals surface area contributed by atoms with Crippen molar-refractivity contribution in [2.45, 2.75) is 37.2 Å². The zero-order chi connectivity index (χ0) is 16.9. The van der Waals surface area contributed by atoms with Crippen LogP contribution in [-0.4, -0.2) is 71.7 Å². The Hall–Kier alpha value is -1.67. The first-order valence-corrected chi connectivity index (χ1v) is 8.47. The van der Waals surface area contributed by atoms with E-state index in [9.17, 15) is 15.0 Å². The van der Waals surface area contributed by atoms with Gasteiger partial charge in [0.05, 0.1) is 18.8 Å². The van der Waals surface area contributed by atoms with Gasteiger partial charge in [0.2, 0.25) is 0 Å². The summed E-state index contributed by atoms with van der Waals surface area (Å²) in [5.41, 5.74) is 0.715. The molecule has 1 aromatic rings. The lowest BCUT2D eigenvalue weighted by Crippen LogP contribution is -2.50. The molecule has 132 valence electrons. The van der Waals surface area contributed by atoms with Crippen molar-refractivity contribution < 1.29 is 19.7 Å². The predicted molar refractivity (Wildman–Crippen MR) is 89.8 cm³/mol. The minimum atomic E-state index is -0.739. The highest BCUT2D eigenvalue weighted by Crippen LogP contribution is 2.28. The highest BCUT2D eigenvalue weighted by molar-refractivity contribution is 5.89. The predicted octanol–water partition coefficient (Wildman–Crippen LogP) is 0.393. The first-order valence-electron chi connectivity index (χ1n) is 8.47. The summed E-state index contributed by atoms with van der Waals surface area (Å²) in [6, 6.07) is 8.69. The molecule has 1 aromatic carbocycles. The van der Waals surface area contributed by atoms with E-state index in [1.54, 1.807) is 0 Å². The standard InChI is InChI=1S/C17H25N3O4/c21-11-14-16(22)15(20-8-4-5-9-20)13(24-14)10-18-17(23)19-12-6-2-1-3-7-12/h1-3,6-7,13-16,21-22H,4-5,8-11H2,(H2,18,19,23). The van der Waals surface area contributed by atoms with Gasteiger partial charge in [-0.05, 0) is 38.1 Å².